The summed E-state index contributed by atoms with van der Waals surface area (Å²) in [6.45, 7) is 1.90. The van der Waals surface area contributed by atoms with Gasteiger partial charge in [0, 0.05) is 5.56 Å². The highest BCUT2D eigenvalue weighted by Crippen LogP contribution is 2.23. The molecular weight excluding hydrogens is 358 g/mol. The van der Waals surface area contributed by atoms with Gasteiger partial charge in [-0.05, 0) is 74.1 Å². The fourth-order valence-electron chi connectivity index (χ4n) is 3.22. The van der Waals surface area contributed by atoms with Crippen LogP contribution in [-0.2, 0) is 12.8 Å². The van der Waals surface area contributed by atoms with Crippen molar-refractivity contribution in [1.29, 1.82) is 0 Å². The maximum atomic E-state index is 12.5. The third kappa shape index (κ3) is 4.39. The van der Waals surface area contributed by atoms with Gasteiger partial charge in [0.1, 0.15) is 17.3 Å². The maximum Gasteiger partial charge on any atom is 0.209 e. The SMILES string of the molecule is Cc1ccc(C=Cc2nc(SCC(=O)c3ccc4c(c3)CCCC4)n[nH]2)o1. The van der Waals surface area contributed by atoms with Gasteiger partial charge in [-0.2, -0.15) is 0 Å². The van der Waals surface area contributed by atoms with Crippen LogP contribution in [0.4, 0.5) is 0 Å². The van der Waals surface area contributed by atoms with Gasteiger partial charge < -0.3 is 4.42 Å². The lowest BCUT2D eigenvalue weighted by molar-refractivity contribution is 0.102. The third-order valence-electron chi connectivity index (χ3n) is 4.65. The smallest absolute Gasteiger partial charge is 0.209 e. The summed E-state index contributed by atoms with van der Waals surface area (Å²) in [5.74, 6) is 2.70. The molecule has 0 fully saturated rings. The highest BCUT2D eigenvalue weighted by Gasteiger charge is 2.14. The Balaban J connectivity index is 1.35. The van der Waals surface area contributed by atoms with E-state index in [1.165, 1.54) is 35.7 Å². The lowest BCUT2D eigenvalue weighted by atomic mass is 9.90. The summed E-state index contributed by atoms with van der Waals surface area (Å²) in [6, 6.07) is 9.93. The summed E-state index contributed by atoms with van der Waals surface area (Å²) in [5, 5.41) is 7.59. The molecule has 1 aromatic carbocycles. The molecule has 0 bridgehead atoms. The summed E-state index contributed by atoms with van der Waals surface area (Å²) < 4.78 is 5.48. The van der Waals surface area contributed by atoms with Gasteiger partial charge in [0.25, 0.3) is 0 Å². The minimum Gasteiger partial charge on any atom is -0.462 e. The molecule has 0 spiro atoms. The second-order valence-corrected chi connectivity index (χ2v) is 7.63. The van der Waals surface area contributed by atoms with Gasteiger partial charge in [0.2, 0.25) is 5.16 Å². The van der Waals surface area contributed by atoms with Crippen LogP contribution in [0.25, 0.3) is 12.2 Å². The Hall–Kier alpha value is -2.60. The van der Waals surface area contributed by atoms with Crippen LogP contribution < -0.4 is 0 Å². The summed E-state index contributed by atoms with van der Waals surface area (Å²) in [7, 11) is 0. The number of hydrogen-bond acceptors (Lipinski definition) is 5. The number of fused-ring (bicyclic) bond motifs is 1. The highest BCUT2D eigenvalue weighted by molar-refractivity contribution is 7.99. The summed E-state index contributed by atoms with van der Waals surface area (Å²) >= 11 is 1.35. The first-order valence-electron chi connectivity index (χ1n) is 9.12. The van der Waals surface area contributed by atoms with Crippen LogP contribution in [0.5, 0.6) is 0 Å². The highest BCUT2D eigenvalue weighted by atomic mass is 32.2. The lowest BCUT2D eigenvalue weighted by Crippen LogP contribution is -2.07. The van der Waals surface area contributed by atoms with E-state index in [0.29, 0.717) is 16.7 Å². The van der Waals surface area contributed by atoms with E-state index in [4.69, 9.17) is 4.42 Å². The van der Waals surface area contributed by atoms with Crippen molar-refractivity contribution in [1.82, 2.24) is 15.2 Å². The molecule has 27 heavy (non-hydrogen) atoms. The van der Waals surface area contributed by atoms with Crippen molar-refractivity contribution in [2.24, 2.45) is 0 Å². The Kier molecular flexibility index (Phi) is 5.25. The van der Waals surface area contributed by atoms with Crippen LogP contribution in [0.2, 0.25) is 0 Å². The van der Waals surface area contributed by atoms with Crippen LogP contribution in [0, 0.1) is 6.92 Å². The molecule has 5 nitrogen and oxygen atoms in total. The molecule has 4 rings (SSSR count). The van der Waals surface area contributed by atoms with Gasteiger partial charge in [-0.25, -0.2) is 4.98 Å². The number of aromatic nitrogens is 3. The minimum atomic E-state index is 0.112. The van der Waals surface area contributed by atoms with Crippen LogP contribution in [0.15, 0.2) is 39.9 Å². The zero-order chi connectivity index (χ0) is 18.6. The summed E-state index contributed by atoms with van der Waals surface area (Å²) in [4.78, 5) is 16.9. The molecule has 3 aromatic rings. The summed E-state index contributed by atoms with van der Waals surface area (Å²) in [5.41, 5.74) is 3.50. The van der Waals surface area contributed by atoms with E-state index >= 15 is 0 Å². The van der Waals surface area contributed by atoms with Crippen molar-refractivity contribution in [2.75, 3.05) is 5.75 Å². The van der Waals surface area contributed by atoms with E-state index in [0.717, 1.165) is 29.9 Å². The fourth-order valence-corrected chi connectivity index (χ4v) is 3.92. The van der Waals surface area contributed by atoms with E-state index < -0.39 is 0 Å². The number of rotatable bonds is 6. The van der Waals surface area contributed by atoms with Crippen LogP contribution in [-0.4, -0.2) is 26.7 Å². The van der Waals surface area contributed by atoms with E-state index in [1.54, 1.807) is 6.08 Å². The first kappa shape index (κ1) is 17.8. The molecular formula is C21H21N3O2S. The number of nitrogens with one attached hydrogen (secondary N) is 1. The zero-order valence-corrected chi connectivity index (χ0v) is 16.0. The standard InChI is InChI=1S/C21H21N3O2S/c1-14-6-9-18(26-14)10-11-20-22-21(24-23-20)27-13-19(25)17-8-7-15-4-2-3-5-16(15)12-17/h6-12H,2-5,13H2,1H3,(H,22,23,24). The normalized spacial score (nSPS) is 13.8. The van der Waals surface area contributed by atoms with E-state index in [9.17, 15) is 4.79 Å². The molecule has 2 aromatic heterocycles. The molecule has 0 saturated carbocycles. The third-order valence-corrected chi connectivity index (χ3v) is 5.50. The fraction of sp³-hybridized carbons (Fsp3) is 0.286. The minimum absolute atomic E-state index is 0.112. The molecule has 1 aliphatic carbocycles. The Bertz CT molecular complexity index is 987. The van der Waals surface area contributed by atoms with Crippen molar-refractivity contribution in [2.45, 2.75) is 37.8 Å². The predicted molar refractivity (Wildman–Crippen MR) is 107 cm³/mol. The Morgan fingerprint density at radius 1 is 1.19 bits per heavy atom. The molecule has 0 amide bonds. The molecule has 0 atom stereocenters. The molecule has 0 unspecified atom stereocenters. The number of carbonyl (C=O) groups is 1. The molecule has 138 valence electrons. The predicted octanol–water partition coefficient (Wildman–Crippen LogP) is 4.73. The Morgan fingerprint density at radius 2 is 2.04 bits per heavy atom. The lowest BCUT2D eigenvalue weighted by Gasteiger charge is -2.16. The molecule has 2 heterocycles. The van der Waals surface area contributed by atoms with Gasteiger partial charge in [0.15, 0.2) is 5.78 Å². The molecule has 1 N–H and O–H groups in total. The van der Waals surface area contributed by atoms with Crippen LogP contribution in [0.3, 0.4) is 0 Å². The van der Waals surface area contributed by atoms with Gasteiger partial charge in [-0.15, -0.1) is 5.10 Å². The summed E-state index contributed by atoms with van der Waals surface area (Å²) in [6.07, 6.45) is 8.31. The van der Waals surface area contributed by atoms with E-state index in [1.807, 2.05) is 31.2 Å². The Labute approximate surface area is 162 Å². The molecule has 0 aliphatic heterocycles. The van der Waals surface area contributed by atoms with Gasteiger partial charge in [0.05, 0.1) is 5.75 Å². The van der Waals surface area contributed by atoms with Crippen molar-refractivity contribution < 1.29 is 9.21 Å². The Morgan fingerprint density at radius 3 is 2.85 bits per heavy atom. The van der Waals surface area contributed by atoms with E-state index in [-0.39, 0.29) is 5.78 Å². The number of aryl methyl sites for hydroxylation is 3. The average molecular weight is 379 g/mol. The quantitative estimate of drug-likeness (QED) is 0.495. The molecule has 0 radical (unpaired) electrons. The topological polar surface area (TPSA) is 71.8 Å². The van der Waals surface area contributed by atoms with Crippen molar-refractivity contribution in [3.63, 3.8) is 0 Å². The second kappa shape index (κ2) is 7.96. The largest absolute Gasteiger partial charge is 0.462 e. The van der Waals surface area contributed by atoms with Crippen molar-refractivity contribution in [3.05, 3.63) is 64.4 Å². The van der Waals surface area contributed by atoms with Crippen molar-refractivity contribution in [3.8, 4) is 0 Å². The van der Waals surface area contributed by atoms with Crippen LogP contribution in [0.1, 0.15) is 51.7 Å². The number of Topliss-reactive ketones (excluding diaryl/α,β-unsaturated/α-hetero) is 1. The average Bonchev–Trinajstić information content (AvgIpc) is 3.32. The number of thioether (sulfide) groups is 1. The number of H-pyrrole nitrogens is 1. The monoisotopic (exact) mass is 379 g/mol. The number of hydrogen-bond donors (Lipinski definition) is 1. The zero-order valence-electron chi connectivity index (χ0n) is 15.2. The number of nitrogens with zero attached hydrogens (tertiary/aromatic N) is 2. The maximum absolute atomic E-state index is 12.5. The van der Waals surface area contributed by atoms with E-state index in [2.05, 4.69) is 27.3 Å². The number of furan rings is 1. The van der Waals surface area contributed by atoms with Gasteiger partial charge in [-0.1, -0.05) is 23.9 Å². The number of benzene rings is 1. The number of aromatic amines is 1. The second-order valence-electron chi connectivity index (χ2n) is 6.69. The van der Waals surface area contributed by atoms with Gasteiger partial charge in [-0.3, -0.25) is 9.89 Å². The molecule has 6 heteroatoms. The first-order valence-corrected chi connectivity index (χ1v) is 10.1. The number of ketones is 1. The molecule has 0 saturated heterocycles. The molecule has 1 aliphatic rings. The van der Waals surface area contributed by atoms with Crippen molar-refractivity contribution >= 4 is 29.7 Å². The van der Waals surface area contributed by atoms with Gasteiger partial charge >= 0.3 is 0 Å². The number of carbonyl (C=O) groups excluding carboxylic acids is 1. The first-order chi connectivity index (χ1) is 13.2. The van der Waals surface area contributed by atoms with Crippen LogP contribution >= 0.6 is 11.8 Å².